The van der Waals surface area contributed by atoms with Crippen molar-refractivity contribution in [2.45, 2.75) is 27.7 Å². The standard InChI is InChI=1S/C38H28N2O8/c1-5-43-37(41)35-19(3)45-33-15-23-13-29(47-31(23)17-25(33)35)21-7-9-39-27(11-21)28-12-22(8-10-40-28)30-14-24-16-34-26(18-32(24)48-30)36(20(4)46-34)38(42)44-6-2/h7-18H,5-6H2,1-4H3. The lowest BCUT2D eigenvalue weighted by molar-refractivity contribution is 0.0516. The molecule has 0 saturated carbocycles. The number of carbonyl (C=O) groups excluding carboxylic acids is 2. The van der Waals surface area contributed by atoms with Crippen molar-refractivity contribution in [2.75, 3.05) is 13.2 Å². The Bertz CT molecular complexity index is 2380. The van der Waals surface area contributed by atoms with E-state index in [9.17, 15) is 9.59 Å². The number of carbonyl (C=O) groups is 2. The van der Waals surface area contributed by atoms with E-state index >= 15 is 0 Å². The van der Waals surface area contributed by atoms with E-state index in [2.05, 4.69) is 9.97 Å². The average Bonchev–Trinajstić information content (AvgIpc) is 3.84. The van der Waals surface area contributed by atoms with E-state index in [-0.39, 0.29) is 13.2 Å². The van der Waals surface area contributed by atoms with Gasteiger partial charge in [-0.05, 0) is 88.4 Å². The number of pyridine rings is 2. The van der Waals surface area contributed by atoms with E-state index < -0.39 is 11.9 Å². The fourth-order valence-corrected chi connectivity index (χ4v) is 6.15. The van der Waals surface area contributed by atoms with E-state index in [0.29, 0.717) is 78.7 Å². The SMILES string of the molecule is CCOC(=O)c1c(C)oc2cc3cc(-c4ccnc(-c5cc(-c6cc7cc8oc(C)c(C(=O)OCC)c8cc7o6)ccn5)c4)oc3cc12. The van der Waals surface area contributed by atoms with Gasteiger partial charge in [0.2, 0.25) is 0 Å². The number of furan rings is 4. The molecule has 238 valence electrons. The van der Waals surface area contributed by atoms with Crippen LogP contribution in [0.3, 0.4) is 0 Å². The van der Waals surface area contributed by atoms with Crippen LogP contribution in [0.1, 0.15) is 46.1 Å². The van der Waals surface area contributed by atoms with Crippen LogP contribution in [0, 0.1) is 13.8 Å². The van der Waals surface area contributed by atoms with Crippen LogP contribution in [0.4, 0.5) is 0 Å². The predicted molar refractivity (Wildman–Crippen MR) is 179 cm³/mol. The maximum absolute atomic E-state index is 12.6. The van der Waals surface area contributed by atoms with Crippen LogP contribution in [0.25, 0.3) is 77.9 Å². The average molecular weight is 641 g/mol. The van der Waals surface area contributed by atoms with E-state index in [1.165, 1.54) is 0 Å². The third-order valence-corrected chi connectivity index (χ3v) is 8.32. The maximum Gasteiger partial charge on any atom is 0.342 e. The highest BCUT2D eigenvalue weighted by atomic mass is 16.5. The van der Waals surface area contributed by atoms with Crippen LogP contribution in [0.15, 0.2) is 90.7 Å². The van der Waals surface area contributed by atoms with E-state index in [4.69, 9.17) is 27.1 Å². The van der Waals surface area contributed by atoms with Crippen molar-refractivity contribution in [1.29, 1.82) is 0 Å². The second-order valence-corrected chi connectivity index (χ2v) is 11.4. The number of fused-ring (bicyclic) bond motifs is 4. The number of nitrogens with zero attached hydrogens (tertiary/aromatic N) is 2. The van der Waals surface area contributed by atoms with Gasteiger partial charge in [0.05, 0.1) is 24.6 Å². The molecule has 0 saturated heterocycles. The summed E-state index contributed by atoms with van der Waals surface area (Å²) in [7, 11) is 0. The van der Waals surface area contributed by atoms with Gasteiger partial charge in [-0.15, -0.1) is 0 Å². The molecule has 8 aromatic rings. The molecule has 10 nitrogen and oxygen atoms in total. The van der Waals surface area contributed by atoms with Gasteiger partial charge in [0.15, 0.2) is 0 Å². The Morgan fingerprint density at radius 2 is 1.02 bits per heavy atom. The number of ether oxygens (including phenoxy) is 2. The van der Waals surface area contributed by atoms with Crippen molar-refractivity contribution in [3.05, 3.63) is 95.7 Å². The Morgan fingerprint density at radius 3 is 1.44 bits per heavy atom. The molecule has 0 unspecified atom stereocenters. The fourth-order valence-electron chi connectivity index (χ4n) is 6.15. The first-order chi connectivity index (χ1) is 23.3. The molecule has 0 radical (unpaired) electrons. The van der Waals surface area contributed by atoms with E-state index in [1.54, 1.807) is 40.1 Å². The van der Waals surface area contributed by atoms with Gasteiger partial charge in [0.25, 0.3) is 0 Å². The second kappa shape index (κ2) is 11.3. The van der Waals surface area contributed by atoms with Crippen LogP contribution >= 0.6 is 0 Å². The lowest BCUT2D eigenvalue weighted by Gasteiger charge is -2.04. The molecule has 2 aromatic carbocycles. The molecule has 0 fully saturated rings. The summed E-state index contributed by atoms with van der Waals surface area (Å²) in [5.74, 6) is 1.41. The van der Waals surface area contributed by atoms with Gasteiger partial charge in [-0.25, -0.2) is 9.59 Å². The minimum Gasteiger partial charge on any atom is -0.462 e. The molecule has 6 heterocycles. The molecule has 0 aliphatic rings. The van der Waals surface area contributed by atoms with Gasteiger partial charge >= 0.3 is 11.9 Å². The third kappa shape index (κ3) is 4.80. The minimum atomic E-state index is -0.427. The number of benzene rings is 2. The Balaban J connectivity index is 1.13. The molecule has 0 spiro atoms. The monoisotopic (exact) mass is 640 g/mol. The van der Waals surface area contributed by atoms with Crippen LogP contribution < -0.4 is 0 Å². The molecule has 0 aliphatic carbocycles. The summed E-state index contributed by atoms with van der Waals surface area (Å²) in [6.07, 6.45) is 3.42. The lowest BCUT2D eigenvalue weighted by Crippen LogP contribution is -2.05. The molecule has 0 bridgehead atoms. The number of hydrogen-bond acceptors (Lipinski definition) is 10. The van der Waals surface area contributed by atoms with Crippen molar-refractivity contribution in [2.24, 2.45) is 0 Å². The molecular weight excluding hydrogens is 612 g/mol. The number of aromatic nitrogens is 2. The highest BCUT2D eigenvalue weighted by molar-refractivity contribution is 6.09. The molecule has 0 atom stereocenters. The Morgan fingerprint density at radius 1 is 0.583 bits per heavy atom. The van der Waals surface area contributed by atoms with E-state index in [1.807, 2.05) is 60.7 Å². The van der Waals surface area contributed by atoms with Crippen molar-refractivity contribution < 1.29 is 36.7 Å². The molecule has 0 amide bonds. The quantitative estimate of drug-likeness (QED) is 0.155. The van der Waals surface area contributed by atoms with Gasteiger partial charge in [0, 0.05) is 45.1 Å². The molecule has 10 heteroatoms. The minimum absolute atomic E-state index is 0.270. The van der Waals surface area contributed by atoms with Crippen LogP contribution in [-0.2, 0) is 9.47 Å². The first-order valence-corrected chi connectivity index (χ1v) is 15.5. The molecule has 8 rings (SSSR count). The zero-order valence-electron chi connectivity index (χ0n) is 26.5. The topological polar surface area (TPSA) is 131 Å². The highest BCUT2D eigenvalue weighted by Crippen LogP contribution is 2.37. The summed E-state index contributed by atoms with van der Waals surface area (Å²) in [5.41, 5.74) is 6.10. The first-order valence-electron chi connectivity index (χ1n) is 15.5. The molecule has 0 aliphatic heterocycles. The van der Waals surface area contributed by atoms with Crippen LogP contribution in [0.2, 0.25) is 0 Å². The second-order valence-electron chi connectivity index (χ2n) is 11.4. The van der Waals surface area contributed by atoms with Crippen molar-refractivity contribution in [3.8, 4) is 34.0 Å². The molecule has 6 aromatic heterocycles. The van der Waals surface area contributed by atoms with Crippen molar-refractivity contribution in [3.63, 3.8) is 0 Å². The summed E-state index contributed by atoms with van der Waals surface area (Å²) in [5, 5.41) is 2.96. The zero-order valence-corrected chi connectivity index (χ0v) is 26.5. The Kier molecular flexibility index (Phi) is 6.87. The number of hydrogen-bond donors (Lipinski definition) is 0. The first kappa shape index (κ1) is 29.3. The van der Waals surface area contributed by atoms with Gasteiger partial charge in [-0.3, -0.25) is 9.97 Å². The fraction of sp³-hybridized carbons (Fsp3) is 0.158. The summed E-state index contributed by atoms with van der Waals surface area (Å²) >= 11 is 0. The van der Waals surface area contributed by atoms with Crippen molar-refractivity contribution in [1.82, 2.24) is 9.97 Å². The third-order valence-electron chi connectivity index (χ3n) is 8.32. The summed E-state index contributed by atoms with van der Waals surface area (Å²) in [6.45, 7) is 7.57. The lowest BCUT2D eigenvalue weighted by atomic mass is 10.1. The summed E-state index contributed by atoms with van der Waals surface area (Å²) in [4.78, 5) is 34.3. The summed E-state index contributed by atoms with van der Waals surface area (Å²) in [6, 6.07) is 18.8. The zero-order chi connectivity index (χ0) is 33.1. The molecule has 48 heavy (non-hydrogen) atoms. The highest BCUT2D eigenvalue weighted by Gasteiger charge is 2.23. The number of aryl methyl sites for hydroxylation is 2. The van der Waals surface area contributed by atoms with Gasteiger partial charge in [0.1, 0.15) is 56.5 Å². The predicted octanol–water partition coefficient (Wildman–Crippen LogP) is 9.43. The number of esters is 2. The van der Waals surface area contributed by atoms with Gasteiger partial charge in [-0.1, -0.05) is 0 Å². The van der Waals surface area contributed by atoms with Crippen LogP contribution in [0.5, 0.6) is 0 Å². The van der Waals surface area contributed by atoms with Gasteiger partial charge < -0.3 is 27.1 Å². The molecular formula is C38H28N2O8. The summed E-state index contributed by atoms with van der Waals surface area (Å²) < 4.78 is 34.8. The Hall–Kier alpha value is -6.16. The Labute approximate surface area is 272 Å². The molecule has 0 N–H and O–H groups in total. The maximum atomic E-state index is 12.6. The van der Waals surface area contributed by atoms with Crippen LogP contribution in [-0.4, -0.2) is 35.1 Å². The number of rotatable bonds is 7. The smallest absolute Gasteiger partial charge is 0.342 e. The van der Waals surface area contributed by atoms with Crippen molar-refractivity contribution >= 4 is 55.8 Å². The van der Waals surface area contributed by atoms with Gasteiger partial charge in [-0.2, -0.15) is 0 Å². The largest absolute Gasteiger partial charge is 0.462 e. The van der Waals surface area contributed by atoms with E-state index in [0.717, 1.165) is 21.9 Å². The normalized spacial score (nSPS) is 11.7.